The smallest absolute Gasteiger partial charge is 0.425 e. The molecule has 0 amide bonds. The molecule has 0 aliphatic carbocycles. The Hall–Kier alpha value is -3.84. The van der Waals surface area contributed by atoms with Crippen LogP contribution in [0.15, 0.2) is 52.3 Å². The fraction of sp³-hybridized carbons (Fsp3) is 0.273. The summed E-state index contributed by atoms with van der Waals surface area (Å²) in [7, 11) is 1.41. The van der Waals surface area contributed by atoms with Gasteiger partial charge in [0, 0.05) is 49.2 Å². The van der Waals surface area contributed by atoms with E-state index in [4.69, 9.17) is 21.4 Å². The summed E-state index contributed by atoms with van der Waals surface area (Å²) in [4.78, 5) is 34.4. The highest BCUT2D eigenvalue weighted by Crippen LogP contribution is 2.30. The highest BCUT2D eigenvalue weighted by Gasteiger charge is 2.31. The van der Waals surface area contributed by atoms with E-state index in [0.29, 0.717) is 10.6 Å². The molecule has 0 atom stereocenters. The van der Waals surface area contributed by atoms with Crippen LogP contribution in [0.1, 0.15) is 12.0 Å². The zero-order valence-electron chi connectivity index (χ0n) is 18.7. The van der Waals surface area contributed by atoms with Gasteiger partial charge in [-0.05, 0) is 24.6 Å². The third-order valence-corrected chi connectivity index (χ3v) is 5.53. The van der Waals surface area contributed by atoms with Crippen molar-refractivity contribution in [2.75, 3.05) is 6.61 Å². The van der Waals surface area contributed by atoms with Crippen LogP contribution < -0.4 is 20.7 Å². The van der Waals surface area contributed by atoms with Gasteiger partial charge in [-0.3, -0.25) is 23.5 Å². The van der Waals surface area contributed by atoms with Crippen LogP contribution in [0.4, 0.5) is 13.2 Å². The van der Waals surface area contributed by atoms with Gasteiger partial charge in [0.25, 0.3) is 5.56 Å². The summed E-state index contributed by atoms with van der Waals surface area (Å²) in [5.74, 6) is -0.576. The minimum atomic E-state index is -4.90. The van der Waals surface area contributed by atoms with Gasteiger partial charge in [-0.2, -0.15) is 4.98 Å². The first-order valence-electron chi connectivity index (χ1n) is 10.5. The minimum Gasteiger partial charge on any atom is -0.425 e. The summed E-state index contributed by atoms with van der Waals surface area (Å²) < 4.78 is 51.1. The lowest BCUT2D eigenvalue weighted by molar-refractivity contribution is -0.274. The summed E-state index contributed by atoms with van der Waals surface area (Å²) >= 11 is 6.28. The molecule has 0 spiro atoms. The number of alkyl halides is 3. The number of ether oxygens (including phenoxy) is 2. The third-order valence-electron chi connectivity index (χ3n) is 5.16. The molecular formula is C22H19ClF3N5O5. The number of fused-ring (bicyclic) bond motifs is 1. The second kappa shape index (κ2) is 10.0. The Kier molecular flexibility index (Phi) is 7.04. The maximum Gasteiger partial charge on any atom is 0.573 e. The molecule has 1 aromatic carbocycles. The van der Waals surface area contributed by atoms with Crippen LogP contribution in [0, 0.1) is 0 Å². The molecule has 10 nitrogen and oxygen atoms in total. The molecule has 3 heterocycles. The fourth-order valence-corrected chi connectivity index (χ4v) is 3.70. The molecule has 0 bridgehead atoms. The van der Waals surface area contributed by atoms with Gasteiger partial charge in [0.2, 0.25) is 0 Å². The molecule has 14 heteroatoms. The average Bonchev–Trinajstić information content (AvgIpc) is 3.16. The van der Waals surface area contributed by atoms with Crippen molar-refractivity contribution in [1.82, 2.24) is 23.7 Å². The topological polar surface area (TPSA) is 113 Å². The van der Waals surface area contributed by atoms with Crippen LogP contribution in [0.3, 0.4) is 0 Å². The van der Waals surface area contributed by atoms with E-state index in [-0.39, 0.29) is 49.0 Å². The quantitative estimate of drug-likeness (QED) is 0.376. The number of hydrogen-bond donors (Lipinski definition) is 1. The van der Waals surface area contributed by atoms with E-state index >= 15 is 0 Å². The maximum absolute atomic E-state index is 13.3. The van der Waals surface area contributed by atoms with Gasteiger partial charge >= 0.3 is 18.1 Å². The number of hydrogen-bond acceptors (Lipinski definition) is 7. The average molecular weight is 526 g/mol. The molecule has 0 saturated heterocycles. The number of aromatic nitrogens is 5. The van der Waals surface area contributed by atoms with Crippen molar-refractivity contribution in [3.63, 3.8) is 0 Å². The molecular weight excluding hydrogens is 507 g/mol. The van der Waals surface area contributed by atoms with Gasteiger partial charge in [-0.25, -0.2) is 4.79 Å². The number of aliphatic hydroxyl groups excluding tert-OH is 1. The van der Waals surface area contributed by atoms with Crippen LogP contribution in [0.5, 0.6) is 17.5 Å². The van der Waals surface area contributed by atoms with Crippen molar-refractivity contribution >= 4 is 22.8 Å². The highest BCUT2D eigenvalue weighted by atomic mass is 35.5. The predicted molar refractivity (Wildman–Crippen MR) is 122 cm³/mol. The van der Waals surface area contributed by atoms with Crippen LogP contribution in [0.25, 0.3) is 11.2 Å². The molecule has 3 aromatic heterocycles. The lowest BCUT2D eigenvalue weighted by Crippen LogP contribution is -2.39. The Morgan fingerprint density at radius 2 is 1.89 bits per heavy atom. The van der Waals surface area contributed by atoms with Gasteiger partial charge in [0.05, 0.1) is 6.54 Å². The molecule has 190 valence electrons. The number of halogens is 4. The van der Waals surface area contributed by atoms with E-state index in [0.717, 1.165) is 21.3 Å². The molecule has 0 unspecified atom stereocenters. The highest BCUT2D eigenvalue weighted by molar-refractivity contribution is 6.31. The normalized spacial score (nSPS) is 11.7. The monoisotopic (exact) mass is 525 g/mol. The van der Waals surface area contributed by atoms with E-state index in [1.165, 1.54) is 36.1 Å². The SMILES string of the molecule is Cn1c(=O)n(CCCO)c(=O)c2c1nc(Oc1cccc(OC(F)(F)F)c1)n2Cc1cnccc1Cl. The Bertz CT molecular complexity index is 1530. The van der Waals surface area contributed by atoms with Crippen LogP contribution >= 0.6 is 11.6 Å². The zero-order valence-corrected chi connectivity index (χ0v) is 19.5. The van der Waals surface area contributed by atoms with Crippen molar-refractivity contribution in [1.29, 1.82) is 0 Å². The van der Waals surface area contributed by atoms with Gasteiger partial charge in [0.1, 0.15) is 11.5 Å². The van der Waals surface area contributed by atoms with Crippen LogP contribution in [0.2, 0.25) is 5.02 Å². The van der Waals surface area contributed by atoms with E-state index in [1.54, 1.807) is 6.07 Å². The van der Waals surface area contributed by atoms with Crippen LogP contribution in [-0.2, 0) is 20.1 Å². The molecule has 0 fully saturated rings. The van der Waals surface area contributed by atoms with Crippen LogP contribution in [-0.4, -0.2) is 41.7 Å². The second-order valence-corrected chi connectivity index (χ2v) is 8.03. The van der Waals surface area contributed by atoms with E-state index in [1.807, 2.05) is 0 Å². The largest absolute Gasteiger partial charge is 0.573 e. The summed E-state index contributed by atoms with van der Waals surface area (Å²) in [5.41, 5.74) is -0.863. The predicted octanol–water partition coefficient (Wildman–Crippen LogP) is 3.07. The Morgan fingerprint density at radius 1 is 1.14 bits per heavy atom. The fourth-order valence-electron chi connectivity index (χ4n) is 3.54. The molecule has 0 radical (unpaired) electrons. The lowest BCUT2D eigenvalue weighted by atomic mass is 10.3. The number of benzene rings is 1. The molecule has 1 N–H and O–H groups in total. The van der Waals surface area contributed by atoms with Crippen molar-refractivity contribution in [2.24, 2.45) is 7.05 Å². The van der Waals surface area contributed by atoms with Gasteiger partial charge in [0.15, 0.2) is 11.2 Å². The number of aliphatic hydroxyl groups is 1. The van der Waals surface area contributed by atoms with Crippen molar-refractivity contribution in [3.05, 3.63) is 74.1 Å². The van der Waals surface area contributed by atoms with Crippen molar-refractivity contribution in [3.8, 4) is 17.5 Å². The Labute approximate surface area is 205 Å². The van der Waals surface area contributed by atoms with Crippen molar-refractivity contribution < 1.29 is 27.8 Å². The first-order chi connectivity index (χ1) is 17.1. The van der Waals surface area contributed by atoms with E-state index in [9.17, 15) is 22.8 Å². The number of pyridine rings is 1. The molecule has 4 aromatic rings. The zero-order chi connectivity index (χ0) is 26.0. The molecule has 0 saturated carbocycles. The summed E-state index contributed by atoms with van der Waals surface area (Å²) in [5, 5.41) is 9.51. The second-order valence-electron chi connectivity index (χ2n) is 7.62. The van der Waals surface area contributed by atoms with E-state index in [2.05, 4.69) is 14.7 Å². The maximum atomic E-state index is 13.3. The Balaban J connectivity index is 1.89. The van der Waals surface area contributed by atoms with Crippen molar-refractivity contribution in [2.45, 2.75) is 25.9 Å². The molecule has 0 aliphatic rings. The number of nitrogens with zero attached hydrogens (tertiary/aromatic N) is 5. The van der Waals surface area contributed by atoms with E-state index < -0.39 is 23.4 Å². The summed E-state index contributed by atoms with van der Waals surface area (Å²) in [6, 6.07) is 6.14. The van der Waals surface area contributed by atoms with Gasteiger partial charge < -0.3 is 14.6 Å². The first-order valence-corrected chi connectivity index (χ1v) is 10.9. The Morgan fingerprint density at radius 3 is 2.58 bits per heavy atom. The number of imidazole rings is 1. The molecule has 0 aliphatic heterocycles. The standard InChI is InChI=1S/C22H19ClF3N5O5/c1-29-18-17(19(33)30(21(29)34)8-3-9-32)31(12-13-11-27-7-6-16(13)23)20(28-18)35-14-4-2-5-15(10-14)36-22(24,25)26/h2,4-7,10-11,32H,3,8-9,12H2,1H3. The third kappa shape index (κ3) is 5.21. The summed E-state index contributed by atoms with van der Waals surface area (Å²) in [6.07, 6.45) is -1.78. The summed E-state index contributed by atoms with van der Waals surface area (Å²) in [6.45, 7) is -0.322. The number of rotatable bonds is 8. The number of aryl methyl sites for hydroxylation is 1. The van der Waals surface area contributed by atoms with Gasteiger partial charge in [-0.15, -0.1) is 13.2 Å². The minimum absolute atomic E-state index is 0.00680. The first kappa shape index (κ1) is 25.3. The molecule has 4 rings (SSSR count). The molecule has 36 heavy (non-hydrogen) atoms. The lowest BCUT2D eigenvalue weighted by Gasteiger charge is -2.13. The van der Waals surface area contributed by atoms with Gasteiger partial charge in [-0.1, -0.05) is 17.7 Å².